The third-order valence-corrected chi connectivity index (χ3v) is 7.54. The molecule has 2 aliphatic rings. The smallest absolute Gasteiger partial charge is 0.448 e. The van der Waals surface area contributed by atoms with E-state index in [1.807, 2.05) is 6.07 Å². The van der Waals surface area contributed by atoms with Crippen LogP contribution < -0.4 is 4.74 Å². The van der Waals surface area contributed by atoms with Crippen LogP contribution in [0.4, 0.5) is 18.0 Å². The number of piperidine rings is 1. The average molecular weight is 542 g/mol. The van der Waals surface area contributed by atoms with Gasteiger partial charge in [-0.1, -0.05) is 23.7 Å². The lowest BCUT2D eigenvalue weighted by Gasteiger charge is -2.40. The highest BCUT2D eigenvalue weighted by molar-refractivity contribution is 7.19. The number of nitrogens with zero attached hydrogens (tertiary/aromatic N) is 3. The summed E-state index contributed by atoms with van der Waals surface area (Å²) in [6.45, 7) is 2.85. The Labute approximate surface area is 214 Å². The predicted molar refractivity (Wildman–Crippen MR) is 127 cm³/mol. The molecule has 2 aromatic heterocycles. The van der Waals surface area contributed by atoms with Crippen LogP contribution >= 0.6 is 22.9 Å². The molecule has 0 bridgehead atoms. The number of rotatable bonds is 4. The highest BCUT2D eigenvalue weighted by Crippen LogP contribution is 2.38. The Morgan fingerprint density at radius 2 is 1.78 bits per heavy atom. The van der Waals surface area contributed by atoms with Crippen molar-refractivity contribution in [1.29, 1.82) is 0 Å². The van der Waals surface area contributed by atoms with E-state index in [0.29, 0.717) is 61.7 Å². The van der Waals surface area contributed by atoms with E-state index < -0.39 is 6.36 Å². The number of thiophene rings is 1. The van der Waals surface area contributed by atoms with Crippen molar-refractivity contribution < 1.29 is 31.9 Å². The van der Waals surface area contributed by atoms with E-state index in [-0.39, 0.29) is 23.6 Å². The number of alkyl halides is 3. The van der Waals surface area contributed by atoms with E-state index in [4.69, 9.17) is 20.8 Å². The number of morpholine rings is 1. The van der Waals surface area contributed by atoms with E-state index in [9.17, 15) is 18.0 Å². The molecule has 4 heterocycles. The van der Waals surface area contributed by atoms with Gasteiger partial charge in [0.15, 0.2) is 5.89 Å². The quantitative estimate of drug-likeness (QED) is 0.406. The molecular formula is C24H23ClF3N3O4S. The van der Waals surface area contributed by atoms with Crippen LogP contribution in [-0.2, 0) is 4.74 Å². The van der Waals surface area contributed by atoms with Crippen molar-refractivity contribution in [2.75, 3.05) is 39.4 Å². The first kappa shape index (κ1) is 24.9. The largest absolute Gasteiger partial charge is 0.573 e. The Hall–Kier alpha value is -2.76. The number of urea groups is 1. The number of hydrogen-bond donors (Lipinski definition) is 0. The summed E-state index contributed by atoms with van der Waals surface area (Å²) in [6.07, 6.45) is -2.55. The van der Waals surface area contributed by atoms with E-state index in [0.717, 1.165) is 10.4 Å². The molecule has 36 heavy (non-hydrogen) atoms. The summed E-state index contributed by atoms with van der Waals surface area (Å²) in [7, 11) is 0. The van der Waals surface area contributed by atoms with E-state index in [2.05, 4.69) is 9.72 Å². The molecule has 3 aromatic rings. The molecule has 2 unspecified atom stereocenters. The van der Waals surface area contributed by atoms with Crippen molar-refractivity contribution in [1.82, 2.24) is 14.8 Å². The van der Waals surface area contributed by atoms with Crippen LogP contribution in [0.15, 0.2) is 47.1 Å². The maximum atomic E-state index is 13.3. The first-order chi connectivity index (χ1) is 17.2. The average Bonchev–Trinajstić information content (AvgIpc) is 3.53. The number of halogens is 4. The highest BCUT2D eigenvalue weighted by atomic mass is 35.5. The molecule has 2 amide bonds. The summed E-state index contributed by atoms with van der Waals surface area (Å²) in [6, 6.07) is 9.38. The third-order valence-electron chi connectivity index (χ3n) is 6.28. The highest BCUT2D eigenvalue weighted by Gasteiger charge is 2.36. The number of amides is 2. The minimum atomic E-state index is -4.76. The van der Waals surface area contributed by atoms with Gasteiger partial charge in [-0.3, -0.25) is 0 Å². The molecule has 0 N–H and O–H groups in total. The van der Waals surface area contributed by atoms with Crippen LogP contribution in [0, 0.1) is 0 Å². The molecule has 192 valence electrons. The topological polar surface area (TPSA) is 68.0 Å². The molecule has 0 radical (unpaired) electrons. The van der Waals surface area contributed by atoms with Crippen molar-refractivity contribution in [3.8, 4) is 16.3 Å². The number of carbonyl (C=O) groups is 1. The molecule has 0 saturated carbocycles. The fourth-order valence-corrected chi connectivity index (χ4v) is 5.61. The Morgan fingerprint density at radius 1 is 1.06 bits per heavy atom. The van der Waals surface area contributed by atoms with Gasteiger partial charge < -0.3 is 23.7 Å². The fourth-order valence-electron chi connectivity index (χ4n) is 4.61. The van der Waals surface area contributed by atoms with Crippen molar-refractivity contribution in [3.05, 3.63) is 58.5 Å². The summed E-state index contributed by atoms with van der Waals surface area (Å²) in [5.41, 5.74) is 1.48. The Bertz CT molecular complexity index is 1190. The molecule has 2 saturated heterocycles. The van der Waals surface area contributed by atoms with Gasteiger partial charge in [-0.05, 0) is 36.2 Å². The summed E-state index contributed by atoms with van der Waals surface area (Å²) in [4.78, 5) is 22.4. The SMILES string of the molecule is O=C(N1CCOCC1)N1CC(c2ccc(OC(F)(F)F)cc2)CC(c2nc(-c3ccc(Cl)s3)co2)C1. The van der Waals surface area contributed by atoms with Crippen molar-refractivity contribution >= 4 is 29.0 Å². The lowest BCUT2D eigenvalue weighted by atomic mass is 9.84. The standard InChI is InChI=1S/C24H23ClF3N3O4S/c25-21-6-5-20(36-21)19-14-34-22(29-19)17-11-16(15-1-3-18(4-2-15)35-24(26,27)28)12-31(13-17)23(32)30-7-9-33-10-8-30/h1-6,14,16-17H,7-13H2. The zero-order chi connectivity index (χ0) is 25.3. The van der Waals surface area contributed by atoms with Crippen molar-refractivity contribution in [3.63, 3.8) is 0 Å². The second-order valence-electron chi connectivity index (χ2n) is 8.71. The van der Waals surface area contributed by atoms with Gasteiger partial charge >= 0.3 is 12.4 Å². The number of hydrogen-bond acceptors (Lipinski definition) is 6. The van der Waals surface area contributed by atoms with Crippen LogP contribution in [-0.4, -0.2) is 66.6 Å². The number of oxazole rings is 1. The summed E-state index contributed by atoms with van der Waals surface area (Å²) < 4.78 is 53.6. The second-order valence-corrected chi connectivity index (χ2v) is 10.4. The molecule has 2 fully saturated rings. The lowest BCUT2D eigenvalue weighted by molar-refractivity contribution is -0.274. The lowest BCUT2D eigenvalue weighted by Crippen LogP contribution is -2.52. The maximum Gasteiger partial charge on any atom is 0.573 e. The predicted octanol–water partition coefficient (Wildman–Crippen LogP) is 5.98. The number of ether oxygens (including phenoxy) is 2. The number of benzene rings is 1. The zero-order valence-corrected chi connectivity index (χ0v) is 20.6. The zero-order valence-electron chi connectivity index (χ0n) is 19.0. The molecule has 0 spiro atoms. The number of aromatic nitrogens is 1. The van der Waals surface area contributed by atoms with Gasteiger partial charge in [0.05, 0.1) is 28.3 Å². The normalized spacial score (nSPS) is 21.0. The second kappa shape index (κ2) is 10.3. The van der Waals surface area contributed by atoms with Gasteiger partial charge in [-0.25, -0.2) is 9.78 Å². The molecule has 7 nitrogen and oxygen atoms in total. The first-order valence-corrected chi connectivity index (χ1v) is 12.6. The molecule has 1 aromatic carbocycles. The van der Waals surface area contributed by atoms with E-state index in [1.54, 1.807) is 34.3 Å². The summed E-state index contributed by atoms with van der Waals surface area (Å²) in [5.74, 6) is -0.0907. The van der Waals surface area contributed by atoms with Crippen molar-refractivity contribution in [2.24, 2.45) is 0 Å². The summed E-state index contributed by atoms with van der Waals surface area (Å²) in [5, 5.41) is 0. The Balaban J connectivity index is 1.39. The van der Waals surface area contributed by atoms with Crippen LogP contribution in [0.2, 0.25) is 4.34 Å². The number of carbonyl (C=O) groups excluding carboxylic acids is 1. The monoisotopic (exact) mass is 541 g/mol. The molecular weight excluding hydrogens is 519 g/mol. The number of likely N-dealkylation sites (tertiary alicyclic amines) is 1. The first-order valence-electron chi connectivity index (χ1n) is 11.4. The van der Waals surface area contributed by atoms with E-state index >= 15 is 0 Å². The van der Waals surface area contributed by atoms with Gasteiger partial charge in [0, 0.05) is 32.1 Å². The fraction of sp³-hybridized carbons (Fsp3) is 0.417. The van der Waals surface area contributed by atoms with Crippen LogP contribution in [0.25, 0.3) is 10.6 Å². The Kier molecular flexibility index (Phi) is 7.14. The Morgan fingerprint density at radius 3 is 2.44 bits per heavy atom. The van der Waals surface area contributed by atoms with Gasteiger partial charge in [-0.2, -0.15) is 0 Å². The molecule has 12 heteroatoms. The molecule has 2 atom stereocenters. The van der Waals surface area contributed by atoms with Gasteiger partial charge in [-0.15, -0.1) is 24.5 Å². The van der Waals surface area contributed by atoms with Crippen LogP contribution in [0.5, 0.6) is 5.75 Å². The minimum Gasteiger partial charge on any atom is -0.448 e. The molecule has 0 aliphatic carbocycles. The summed E-state index contributed by atoms with van der Waals surface area (Å²) >= 11 is 7.45. The van der Waals surface area contributed by atoms with Crippen molar-refractivity contribution in [2.45, 2.75) is 24.6 Å². The van der Waals surface area contributed by atoms with E-state index in [1.165, 1.54) is 23.5 Å². The minimum absolute atomic E-state index is 0.0955. The van der Waals surface area contributed by atoms with Gasteiger partial charge in [0.2, 0.25) is 0 Å². The van der Waals surface area contributed by atoms with Crippen LogP contribution in [0.1, 0.15) is 29.7 Å². The maximum absolute atomic E-state index is 13.3. The molecule has 5 rings (SSSR count). The third kappa shape index (κ3) is 5.79. The van der Waals surface area contributed by atoms with Crippen LogP contribution in [0.3, 0.4) is 0 Å². The van der Waals surface area contributed by atoms with Gasteiger partial charge in [0.1, 0.15) is 17.7 Å². The van der Waals surface area contributed by atoms with Gasteiger partial charge in [0.25, 0.3) is 0 Å². The molecule has 2 aliphatic heterocycles.